The molecule has 36 heavy (non-hydrogen) atoms. The van der Waals surface area contributed by atoms with E-state index in [1.807, 2.05) is 9.80 Å². The van der Waals surface area contributed by atoms with E-state index in [-0.39, 0.29) is 36.5 Å². The first kappa shape index (κ1) is 24.0. The second-order valence-electron chi connectivity index (χ2n) is 9.05. The lowest BCUT2D eigenvalue weighted by Crippen LogP contribution is -2.56. The van der Waals surface area contributed by atoms with Crippen molar-refractivity contribution in [3.63, 3.8) is 0 Å². The highest BCUT2D eigenvalue weighted by Crippen LogP contribution is 2.31. The highest BCUT2D eigenvalue weighted by molar-refractivity contribution is 6.23. The van der Waals surface area contributed by atoms with Crippen molar-refractivity contribution in [1.82, 2.24) is 9.80 Å². The van der Waals surface area contributed by atoms with Crippen LogP contribution in [0.2, 0.25) is 0 Å². The van der Waals surface area contributed by atoms with E-state index in [2.05, 4.69) is 0 Å². The minimum Gasteiger partial charge on any atom is -0.497 e. The maximum Gasteiger partial charge on any atom is 0.251 e. The smallest absolute Gasteiger partial charge is 0.251 e. The van der Waals surface area contributed by atoms with E-state index < -0.39 is 12.1 Å². The van der Waals surface area contributed by atoms with Crippen LogP contribution in [0.15, 0.2) is 48.5 Å². The van der Waals surface area contributed by atoms with E-state index in [9.17, 15) is 19.2 Å². The van der Waals surface area contributed by atoms with Crippen molar-refractivity contribution in [2.75, 3.05) is 50.2 Å². The van der Waals surface area contributed by atoms with Crippen molar-refractivity contribution in [1.29, 1.82) is 0 Å². The summed E-state index contributed by atoms with van der Waals surface area (Å²) in [5.41, 5.74) is 0.997. The zero-order valence-electron chi connectivity index (χ0n) is 20.3. The third kappa shape index (κ3) is 4.22. The Bertz CT molecular complexity index is 1110. The molecule has 3 saturated heterocycles. The second-order valence-corrected chi connectivity index (χ2v) is 9.05. The third-order valence-corrected chi connectivity index (χ3v) is 7.10. The highest BCUT2D eigenvalue weighted by Gasteiger charge is 2.46. The average Bonchev–Trinajstić information content (AvgIpc) is 3.37. The predicted octanol–water partition coefficient (Wildman–Crippen LogP) is 1.29. The normalized spacial score (nSPS) is 23.6. The number of benzene rings is 2. The fourth-order valence-electron chi connectivity index (χ4n) is 5.20. The molecule has 188 valence electrons. The molecule has 2 atom stereocenters. The molecule has 0 aliphatic carbocycles. The number of imide groups is 2. The molecule has 3 heterocycles. The van der Waals surface area contributed by atoms with E-state index in [4.69, 9.17) is 9.47 Å². The van der Waals surface area contributed by atoms with Crippen LogP contribution in [0, 0.1) is 0 Å². The zero-order valence-corrected chi connectivity index (χ0v) is 20.3. The molecule has 10 nitrogen and oxygen atoms in total. The van der Waals surface area contributed by atoms with Crippen LogP contribution in [-0.4, -0.2) is 85.9 Å². The van der Waals surface area contributed by atoms with E-state index >= 15 is 0 Å². The molecule has 2 aromatic carbocycles. The topological polar surface area (TPSA) is 99.7 Å². The van der Waals surface area contributed by atoms with Crippen LogP contribution in [-0.2, 0) is 19.2 Å². The number of methoxy groups -OCH3 is 2. The predicted molar refractivity (Wildman–Crippen MR) is 131 cm³/mol. The molecule has 0 radical (unpaired) electrons. The van der Waals surface area contributed by atoms with Gasteiger partial charge in [0.05, 0.1) is 50.5 Å². The van der Waals surface area contributed by atoms with Gasteiger partial charge in [0.25, 0.3) is 11.8 Å². The lowest BCUT2D eigenvalue weighted by Gasteiger charge is -2.38. The molecule has 3 fully saturated rings. The minimum atomic E-state index is -0.542. The van der Waals surface area contributed by atoms with Gasteiger partial charge in [0.15, 0.2) is 0 Å². The number of ether oxygens (including phenoxy) is 2. The van der Waals surface area contributed by atoms with Gasteiger partial charge in [0.1, 0.15) is 11.5 Å². The molecule has 0 unspecified atom stereocenters. The summed E-state index contributed by atoms with van der Waals surface area (Å²) in [5.74, 6) is 0.154. The lowest BCUT2D eigenvalue weighted by molar-refractivity contribution is -0.126. The molecule has 0 saturated carbocycles. The molecule has 0 aromatic heterocycles. The van der Waals surface area contributed by atoms with Crippen LogP contribution >= 0.6 is 0 Å². The van der Waals surface area contributed by atoms with Crippen LogP contribution < -0.4 is 19.3 Å². The lowest BCUT2D eigenvalue weighted by atomic mass is 10.1. The number of rotatable bonds is 6. The van der Waals surface area contributed by atoms with Gasteiger partial charge in [-0.05, 0) is 24.3 Å². The van der Waals surface area contributed by atoms with Gasteiger partial charge in [-0.1, -0.05) is 12.1 Å². The Balaban J connectivity index is 1.23. The maximum atomic E-state index is 13.2. The van der Waals surface area contributed by atoms with Gasteiger partial charge in [-0.25, -0.2) is 9.80 Å². The first-order valence-electron chi connectivity index (χ1n) is 11.9. The van der Waals surface area contributed by atoms with Crippen LogP contribution in [0.1, 0.15) is 12.8 Å². The Morgan fingerprint density at radius 3 is 1.39 bits per heavy atom. The summed E-state index contributed by atoms with van der Waals surface area (Å²) in [6.45, 7) is 2.08. The van der Waals surface area contributed by atoms with Crippen molar-refractivity contribution < 1.29 is 28.7 Å². The highest BCUT2D eigenvalue weighted by atomic mass is 16.5. The van der Waals surface area contributed by atoms with Gasteiger partial charge in [0, 0.05) is 38.3 Å². The number of piperazine rings is 1. The van der Waals surface area contributed by atoms with E-state index in [0.29, 0.717) is 49.1 Å². The third-order valence-electron chi connectivity index (χ3n) is 7.10. The van der Waals surface area contributed by atoms with E-state index in [1.165, 1.54) is 24.0 Å². The molecule has 3 aliphatic heterocycles. The summed E-state index contributed by atoms with van der Waals surface area (Å²) in [6.07, 6.45) is 0.223. The van der Waals surface area contributed by atoms with Gasteiger partial charge >= 0.3 is 0 Å². The number of hydrogen-bond acceptors (Lipinski definition) is 8. The van der Waals surface area contributed by atoms with Crippen LogP contribution in [0.25, 0.3) is 0 Å². The maximum absolute atomic E-state index is 13.2. The average molecular weight is 493 g/mol. The van der Waals surface area contributed by atoms with Gasteiger partial charge in [-0.3, -0.25) is 29.0 Å². The quantitative estimate of drug-likeness (QED) is 0.557. The van der Waals surface area contributed by atoms with Crippen molar-refractivity contribution in [3.05, 3.63) is 48.5 Å². The standard InChI is InChI=1S/C26H28N4O6/c1-35-19-7-3-5-17(13-19)29-23(31)15-21(25(29)33)27-9-11-28(12-10-27)22-16-24(32)30(26(22)34)18-6-4-8-20(14-18)36-2/h3-8,13-14,21-22H,9-12,15-16H2,1-2H3/t21-,22-/m1/s1. The molecular weight excluding hydrogens is 464 g/mol. The number of nitrogens with zero attached hydrogens (tertiary/aromatic N) is 4. The number of hydrogen-bond donors (Lipinski definition) is 0. The zero-order chi connectivity index (χ0) is 25.4. The molecule has 4 amide bonds. The van der Waals surface area contributed by atoms with Crippen LogP contribution in [0.4, 0.5) is 11.4 Å². The Labute approximate surface area is 208 Å². The number of carbonyl (C=O) groups is 4. The fourth-order valence-corrected chi connectivity index (χ4v) is 5.20. The fraction of sp³-hybridized carbons (Fsp3) is 0.385. The molecule has 0 bridgehead atoms. The van der Waals surface area contributed by atoms with Crippen molar-refractivity contribution in [3.8, 4) is 11.5 Å². The molecule has 10 heteroatoms. The van der Waals surface area contributed by atoms with Crippen LogP contribution in [0.5, 0.6) is 11.5 Å². The summed E-state index contributed by atoms with van der Waals surface area (Å²) >= 11 is 0. The van der Waals surface area contributed by atoms with Crippen molar-refractivity contribution in [2.45, 2.75) is 24.9 Å². The van der Waals surface area contributed by atoms with Crippen molar-refractivity contribution >= 4 is 35.0 Å². The number of amides is 4. The summed E-state index contributed by atoms with van der Waals surface area (Å²) in [5, 5.41) is 0. The molecule has 2 aromatic rings. The van der Waals surface area contributed by atoms with E-state index in [1.54, 1.807) is 48.5 Å². The first-order chi connectivity index (χ1) is 17.4. The Morgan fingerprint density at radius 1 is 0.639 bits per heavy atom. The number of anilines is 2. The molecule has 3 aliphatic rings. The molecule has 0 N–H and O–H groups in total. The summed E-state index contributed by atoms with van der Waals surface area (Å²) < 4.78 is 10.5. The second kappa shape index (κ2) is 9.71. The summed E-state index contributed by atoms with van der Waals surface area (Å²) in [4.78, 5) is 58.3. The minimum absolute atomic E-state index is 0.112. The molecular formula is C26H28N4O6. The van der Waals surface area contributed by atoms with Gasteiger partial charge < -0.3 is 9.47 Å². The van der Waals surface area contributed by atoms with Gasteiger partial charge in [-0.2, -0.15) is 0 Å². The first-order valence-corrected chi connectivity index (χ1v) is 11.9. The van der Waals surface area contributed by atoms with Gasteiger partial charge in [0.2, 0.25) is 11.8 Å². The van der Waals surface area contributed by atoms with E-state index in [0.717, 1.165) is 0 Å². The molecule has 5 rings (SSSR count). The van der Waals surface area contributed by atoms with Crippen LogP contribution in [0.3, 0.4) is 0 Å². The summed E-state index contributed by atoms with van der Waals surface area (Å²) in [7, 11) is 3.07. The SMILES string of the molecule is COc1cccc(N2C(=O)C[C@@H](N3CCN([C@@H]4CC(=O)N(c5cccc(OC)c5)C4=O)CC3)C2=O)c1. The Kier molecular flexibility index (Phi) is 6.46. The van der Waals surface area contributed by atoms with Crippen molar-refractivity contribution in [2.24, 2.45) is 0 Å². The summed E-state index contributed by atoms with van der Waals surface area (Å²) in [6, 6.07) is 12.7. The van der Waals surface area contributed by atoms with Gasteiger partial charge in [-0.15, -0.1) is 0 Å². The largest absolute Gasteiger partial charge is 0.497 e. The Morgan fingerprint density at radius 2 is 1.03 bits per heavy atom. The molecule has 0 spiro atoms. The monoisotopic (exact) mass is 492 g/mol. The number of carbonyl (C=O) groups excluding carboxylic acids is 4. The Hall–Kier alpha value is -3.76.